The molecule has 0 aromatic carbocycles. The van der Waals surface area contributed by atoms with Gasteiger partial charge < -0.3 is 23.7 Å². The van der Waals surface area contributed by atoms with Gasteiger partial charge >= 0.3 is 12.1 Å². The standard InChI is InChI=1S/C40H59FN4O7/c1-12-31-40(10)34(45(37(49)52-40)19-14-13-18-44-22-30(43-23-44)29-16-15-17-42-21-29)28(7)33(46)25(4)20-38(8,50-11)32(26(5)24(2)3)27(6)35(47)39(9,41)36(48)51-31/h15-17,21-28,31-32,34H,12-14,18-20H2,1-11H3/t25-,26?,27-,28+,31-,32-,34-,38-,39+,40-/m1/s1. The van der Waals surface area contributed by atoms with E-state index in [-0.39, 0.29) is 37.0 Å². The lowest BCUT2D eigenvalue weighted by atomic mass is 9.63. The number of imidazole rings is 1. The number of unbranched alkanes of at least 4 members (excludes halogenated alkanes) is 1. The number of hydrogen-bond donors (Lipinski definition) is 0. The second kappa shape index (κ2) is 16.1. The number of fused-ring (bicyclic) bond motifs is 1. The minimum atomic E-state index is -2.98. The zero-order valence-electron chi connectivity index (χ0n) is 32.9. The molecule has 10 atom stereocenters. The van der Waals surface area contributed by atoms with E-state index in [1.807, 2.05) is 57.5 Å². The predicted octanol–water partition coefficient (Wildman–Crippen LogP) is 7.12. The molecule has 1 amide bonds. The highest BCUT2D eigenvalue weighted by molar-refractivity contribution is 6.07. The molecule has 12 heteroatoms. The second-order valence-electron chi connectivity index (χ2n) is 16.0. The number of aromatic nitrogens is 3. The number of esters is 1. The molecule has 4 heterocycles. The summed E-state index contributed by atoms with van der Waals surface area (Å²) in [5, 5.41) is 0. The molecule has 0 radical (unpaired) electrons. The summed E-state index contributed by atoms with van der Waals surface area (Å²) in [7, 11) is 1.54. The zero-order valence-corrected chi connectivity index (χ0v) is 32.9. The highest BCUT2D eigenvalue weighted by atomic mass is 19.1. The third-order valence-corrected chi connectivity index (χ3v) is 12.1. The summed E-state index contributed by atoms with van der Waals surface area (Å²) in [6.07, 6.45) is 7.09. The van der Waals surface area contributed by atoms with Crippen LogP contribution in [0.5, 0.6) is 0 Å². The molecule has 52 heavy (non-hydrogen) atoms. The van der Waals surface area contributed by atoms with Crippen LogP contribution in [0.2, 0.25) is 0 Å². The van der Waals surface area contributed by atoms with Crippen molar-refractivity contribution in [2.24, 2.45) is 35.5 Å². The van der Waals surface area contributed by atoms with Gasteiger partial charge in [0, 0.05) is 68.0 Å². The van der Waals surface area contributed by atoms with Crippen molar-refractivity contribution in [1.82, 2.24) is 19.4 Å². The first kappa shape index (κ1) is 41.1. The Bertz CT molecular complexity index is 1580. The van der Waals surface area contributed by atoms with E-state index in [4.69, 9.17) is 14.2 Å². The molecule has 0 N–H and O–H groups in total. The van der Waals surface area contributed by atoms with Crippen LogP contribution in [-0.4, -0.2) is 85.7 Å². The Morgan fingerprint density at radius 3 is 2.31 bits per heavy atom. The first-order valence-electron chi connectivity index (χ1n) is 18.8. The van der Waals surface area contributed by atoms with Crippen LogP contribution in [0.1, 0.15) is 94.9 Å². The van der Waals surface area contributed by atoms with E-state index in [0.29, 0.717) is 19.4 Å². The van der Waals surface area contributed by atoms with Gasteiger partial charge in [-0.05, 0) is 70.4 Å². The van der Waals surface area contributed by atoms with Crippen LogP contribution in [0.25, 0.3) is 11.3 Å². The summed E-state index contributed by atoms with van der Waals surface area (Å²) in [6, 6.07) is 2.97. The van der Waals surface area contributed by atoms with Crippen molar-refractivity contribution in [1.29, 1.82) is 0 Å². The van der Waals surface area contributed by atoms with E-state index in [9.17, 15) is 19.2 Å². The number of Topliss-reactive ketones (excluding diaryl/α,β-unsaturated/α-hetero) is 2. The number of methoxy groups -OCH3 is 1. The SMILES string of the molecule is CC[C@H]1OC(=O)[C@@](C)(F)C(=O)[C@H](C)[C@@H](C(C)C(C)C)[C@](C)(OC)C[C@@H](C)C(=O)[C@H](C)[C@H]2N(CCCCn3cnc(-c4cccnc4)c3)C(=O)O[C@]12C. The molecule has 1 unspecified atom stereocenters. The lowest BCUT2D eigenvalue weighted by molar-refractivity contribution is -0.182. The summed E-state index contributed by atoms with van der Waals surface area (Å²) in [5.74, 6) is -5.15. The fourth-order valence-corrected chi connectivity index (χ4v) is 8.87. The molecule has 2 saturated heterocycles. The first-order valence-corrected chi connectivity index (χ1v) is 18.8. The smallest absolute Gasteiger partial charge is 0.410 e. The largest absolute Gasteiger partial charge is 0.455 e. The van der Waals surface area contributed by atoms with Gasteiger partial charge in [-0.25, -0.2) is 19.0 Å². The lowest BCUT2D eigenvalue weighted by Crippen LogP contribution is -2.60. The summed E-state index contributed by atoms with van der Waals surface area (Å²) in [4.78, 5) is 66.2. The molecule has 0 aliphatic carbocycles. The maximum atomic E-state index is 16.6. The molecule has 0 saturated carbocycles. The normalized spacial score (nSPS) is 34.1. The van der Waals surface area contributed by atoms with Crippen LogP contribution >= 0.6 is 0 Å². The molecule has 11 nitrogen and oxygen atoms in total. The topological polar surface area (TPSA) is 130 Å². The Kier molecular flexibility index (Phi) is 12.8. The Morgan fingerprint density at radius 1 is 1.04 bits per heavy atom. The van der Waals surface area contributed by atoms with Crippen molar-refractivity contribution < 1.29 is 37.8 Å². The van der Waals surface area contributed by atoms with E-state index >= 15 is 4.39 Å². The minimum Gasteiger partial charge on any atom is -0.455 e. The fraction of sp³-hybridized carbons (Fsp3) is 0.700. The first-order chi connectivity index (χ1) is 24.3. The average molecular weight is 727 g/mol. The molecular formula is C40H59FN4O7. The molecule has 2 aliphatic rings. The van der Waals surface area contributed by atoms with Crippen molar-refractivity contribution in [3.05, 3.63) is 37.1 Å². The molecule has 2 aliphatic heterocycles. The van der Waals surface area contributed by atoms with E-state index in [2.05, 4.69) is 9.97 Å². The van der Waals surface area contributed by atoms with Gasteiger partial charge in [-0.15, -0.1) is 0 Å². The van der Waals surface area contributed by atoms with E-state index in [1.165, 1.54) is 0 Å². The Labute approximate surface area is 308 Å². The Balaban J connectivity index is 1.68. The van der Waals surface area contributed by atoms with Gasteiger partial charge in [0.25, 0.3) is 5.67 Å². The number of carbonyl (C=O) groups is 4. The molecule has 288 valence electrons. The Hall–Kier alpha value is -3.67. The van der Waals surface area contributed by atoms with E-state index in [0.717, 1.165) is 18.2 Å². The van der Waals surface area contributed by atoms with Crippen molar-refractivity contribution in [3.8, 4) is 11.3 Å². The highest BCUT2D eigenvalue weighted by Gasteiger charge is 2.61. The fourth-order valence-electron chi connectivity index (χ4n) is 8.87. The number of ether oxygens (including phenoxy) is 3. The van der Waals surface area contributed by atoms with E-state index < -0.39 is 70.5 Å². The number of hydrogen-bond acceptors (Lipinski definition) is 9. The van der Waals surface area contributed by atoms with Crippen LogP contribution in [0.4, 0.5) is 9.18 Å². The predicted molar refractivity (Wildman–Crippen MR) is 195 cm³/mol. The van der Waals surface area contributed by atoms with Crippen LogP contribution in [0.15, 0.2) is 37.1 Å². The molecule has 2 aromatic heterocycles. The lowest BCUT2D eigenvalue weighted by Gasteiger charge is -2.47. The van der Waals surface area contributed by atoms with Gasteiger partial charge in [0.05, 0.1) is 23.7 Å². The monoisotopic (exact) mass is 726 g/mol. The van der Waals surface area contributed by atoms with Gasteiger partial charge in [-0.1, -0.05) is 48.5 Å². The maximum Gasteiger partial charge on any atom is 0.410 e. The third kappa shape index (κ3) is 7.96. The number of nitrogens with zero attached hydrogens (tertiary/aromatic N) is 4. The molecule has 4 rings (SSSR count). The Morgan fingerprint density at radius 2 is 1.71 bits per heavy atom. The molecular weight excluding hydrogens is 667 g/mol. The quantitative estimate of drug-likeness (QED) is 0.143. The van der Waals surface area contributed by atoms with Crippen molar-refractivity contribution in [2.75, 3.05) is 13.7 Å². The van der Waals surface area contributed by atoms with Crippen LogP contribution in [0, 0.1) is 35.5 Å². The third-order valence-electron chi connectivity index (χ3n) is 12.1. The minimum absolute atomic E-state index is 0.0914. The van der Waals surface area contributed by atoms with Gasteiger partial charge in [-0.2, -0.15) is 0 Å². The maximum absolute atomic E-state index is 16.6. The molecule has 0 spiro atoms. The van der Waals surface area contributed by atoms with Crippen molar-refractivity contribution in [2.45, 2.75) is 130 Å². The van der Waals surface area contributed by atoms with Crippen molar-refractivity contribution >= 4 is 23.6 Å². The number of rotatable bonds is 10. The highest BCUT2D eigenvalue weighted by Crippen LogP contribution is 2.46. The summed E-state index contributed by atoms with van der Waals surface area (Å²) >= 11 is 0. The number of carbonyl (C=O) groups excluding carboxylic acids is 4. The van der Waals surface area contributed by atoms with Crippen LogP contribution in [0.3, 0.4) is 0 Å². The molecule has 0 bridgehead atoms. The second-order valence-corrected chi connectivity index (χ2v) is 16.0. The number of cyclic esters (lactones) is 1. The number of pyridine rings is 1. The average Bonchev–Trinajstić information content (AvgIpc) is 3.69. The summed E-state index contributed by atoms with van der Waals surface area (Å²) in [6.45, 7) is 18.4. The van der Waals surface area contributed by atoms with Gasteiger partial charge in [0.15, 0.2) is 11.4 Å². The number of ketones is 2. The van der Waals surface area contributed by atoms with Gasteiger partial charge in [-0.3, -0.25) is 14.6 Å². The van der Waals surface area contributed by atoms with Gasteiger partial charge in [0.1, 0.15) is 11.9 Å². The van der Waals surface area contributed by atoms with Crippen LogP contribution in [-0.2, 0) is 35.1 Å². The van der Waals surface area contributed by atoms with Gasteiger partial charge in [0.2, 0.25) is 0 Å². The van der Waals surface area contributed by atoms with Crippen molar-refractivity contribution in [3.63, 3.8) is 0 Å². The number of halogens is 1. The summed E-state index contributed by atoms with van der Waals surface area (Å²) in [5.41, 5.74) is -3.79. The zero-order chi connectivity index (χ0) is 38.8. The number of amides is 1. The molecule has 2 aromatic rings. The molecule has 2 fully saturated rings. The summed E-state index contributed by atoms with van der Waals surface area (Å²) < 4.78 is 36.7. The van der Waals surface area contributed by atoms with E-state index in [1.54, 1.807) is 58.4 Å². The van der Waals surface area contributed by atoms with Crippen LogP contribution < -0.4 is 0 Å². The number of aryl methyl sites for hydroxylation is 1. The number of alkyl halides is 1.